The summed E-state index contributed by atoms with van der Waals surface area (Å²) in [5.41, 5.74) is -0.253. The molecule has 0 amide bonds. The molecule has 1 aliphatic rings. The largest absolute Gasteiger partial charge is 0.469 e. The highest BCUT2D eigenvalue weighted by atomic mass is 16.5. The van der Waals surface area contributed by atoms with Crippen molar-refractivity contribution in [1.29, 1.82) is 0 Å². The van der Waals surface area contributed by atoms with Crippen molar-refractivity contribution < 1.29 is 9.53 Å². The smallest absolute Gasteiger partial charge is 0.312 e. The molecule has 0 unspecified atom stereocenters. The molecule has 2 atom stereocenters. The predicted octanol–water partition coefficient (Wildman–Crippen LogP) is 1.37. The highest BCUT2D eigenvalue weighted by Gasteiger charge is 2.55. The third-order valence-electron chi connectivity index (χ3n) is 2.24. The Labute approximate surface area is 60.9 Å². The Balaban J connectivity index is 2.58. The lowest BCUT2D eigenvalue weighted by molar-refractivity contribution is -0.146. The van der Waals surface area contributed by atoms with Crippen LogP contribution in [0, 0.1) is 11.3 Å². The van der Waals surface area contributed by atoms with Crippen LogP contribution < -0.4 is 0 Å². The van der Waals surface area contributed by atoms with Gasteiger partial charge in [0, 0.05) is 0 Å². The van der Waals surface area contributed by atoms with Crippen molar-refractivity contribution in [3.8, 4) is 0 Å². The van der Waals surface area contributed by atoms with Gasteiger partial charge in [0.1, 0.15) is 0 Å². The minimum absolute atomic E-state index is 0.114. The maximum Gasteiger partial charge on any atom is 0.312 e. The lowest BCUT2D eigenvalue weighted by atomic mass is 10.1. The highest BCUT2D eigenvalue weighted by Crippen LogP contribution is 2.53. The average molecular weight is 140 g/mol. The second kappa shape index (κ2) is 2.11. The molecule has 1 rings (SSSR count). The van der Waals surface area contributed by atoms with Crippen LogP contribution >= 0.6 is 0 Å². The van der Waals surface area contributed by atoms with Gasteiger partial charge in [0.2, 0.25) is 0 Å². The van der Waals surface area contributed by atoms with E-state index in [1.807, 2.05) is 13.0 Å². The summed E-state index contributed by atoms with van der Waals surface area (Å²) < 4.78 is 4.62. The van der Waals surface area contributed by atoms with Crippen LogP contribution in [0.3, 0.4) is 0 Å². The van der Waals surface area contributed by atoms with E-state index in [1.54, 1.807) is 0 Å². The zero-order chi connectivity index (χ0) is 7.78. The fourth-order valence-corrected chi connectivity index (χ4v) is 1.21. The quantitative estimate of drug-likeness (QED) is 0.427. The van der Waals surface area contributed by atoms with E-state index >= 15 is 0 Å². The van der Waals surface area contributed by atoms with Gasteiger partial charge in [0.05, 0.1) is 12.5 Å². The van der Waals surface area contributed by atoms with Crippen LogP contribution in [-0.2, 0) is 9.53 Å². The zero-order valence-electron chi connectivity index (χ0n) is 6.39. The van der Waals surface area contributed by atoms with Gasteiger partial charge < -0.3 is 4.74 Å². The minimum atomic E-state index is -0.253. The molecule has 0 aromatic rings. The van der Waals surface area contributed by atoms with Crippen LogP contribution in [0.15, 0.2) is 12.7 Å². The first-order chi connectivity index (χ1) is 4.65. The number of methoxy groups -OCH3 is 1. The number of ether oxygens (including phenoxy) is 1. The third-order valence-corrected chi connectivity index (χ3v) is 2.24. The first-order valence-electron chi connectivity index (χ1n) is 3.36. The first kappa shape index (κ1) is 7.32. The van der Waals surface area contributed by atoms with Crippen LogP contribution in [0.25, 0.3) is 0 Å². The van der Waals surface area contributed by atoms with E-state index in [2.05, 4.69) is 11.3 Å². The fourth-order valence-electron chi connectivity index (χ4n) is 1.21. The number of carbonyl (C=O) groups is 1. The van der Waals surface area contributed by atoms with E-state index in [0.717, 1.165) is 6.42 Å². The van der Waals surface area contributed by atoms with Crippen molar-refractivity contribution in [2.45, 2.75) is 13.3 Å². The highest BCUT2D eigenvalue weighted by molar-refractivity contribution is 5.80. The molecule has 0 radical (unpaired) electrons. The second-order valence-electron chi connectivity index (χ2n) is 2.96. The van der Waals surface area contributed by atoms with Crippen LogP contribution in [0.1, 0.15) is 13.3 Å². The minimum Gasteiger partial charge on any atom is -0.469 e. The molecular weight excluding hydrogens is 128 g/mol. The monoisotopic (exact) mass is 140 g/mol. The summed E-state index contributed by atoms with van der Waals surface area (Å²) in [6, 6.07) is 0. The SMILES string of the molecule is C=C[C@@H]1C[C@]1(C)C(=O)OC. The molecule has 0 aliphatic heterocycles. The van der Waals surface area contributed by atoms with Gasteiger partial charge in [-0.25, -0.2) is 0 Å². The number of carbonyl (C=O) groups excluding carboxylic acids is 1. The van der Waals surface area contributed by atoms with E-state index in [9.17, 15) is 4.79 Å². The molecule has 0 saturated heterocycles. The Hall–Kier alpha value is -0.790. The molecule has 0 N–H and O–H groups in total. The molecule has 1 saturated carbocycles. The van der Waals surface area contributed by atoms with Crippen molar-refractivity contribution in [2.24, 2.45) is 11.3 Å². The molecule has 1 fully saturated rings. The summed E-state index contributed by atoms with van der Waals surface area (Å²) in [5.74, 6) is 0.220. The number of rotatable bonds is 2. The van der Waals surface area contributed by atoms with Gasteiger partial charge in [-0.15, -0.1) is 6.58 Å². The Morgan fingerprint density at radius 2 is 2.50 bits per heavy atom. The van der Waals surface area contributed by atoms with E-state index < -0.39 is 0 Å². The van der Waals surface area contributed by atoms with Crippen molar-refractivity contribution in [2.75, 3.05) is 7.11 Å². The van der Waals surface area contributed by atoms with Crippen LogP contribution in [-0.4, -0.2) is 13.1 Å². The third kappa shape index (κ3) is 0.838. The maximum atomic E-state index is 11.0. The van der Waals surface area contributed by atoms with Crippen LogP contribution in [0.4, 0.5) is 0 Å². The summed E-state index contributed by atoms with van der Waals surface area (Å²) in [6.45, 7) is 5.53. The predicted molar refractivity (Wildman–Crippen MR) is 38.4 cm³/mol. The molecule has 1 aliphatic carbocycles. The van der Waals surface area contributed by atoms with Gasteiger partial charge >= 0.3 is 5.97 Å². The number of hydrogen-bond acceptors (Lipinski definition) is 2. The Kier molecular flexibility index (Phi) is 1.55. The van der Waals surface area contributed by atoms with E-state index in [1.165, 1.54) is 7.11 Å². The van der Waals surface area contributed by atoms with Gasteiger partial charge in [-0.3, -0.25) is 4.79 Å². The van der Waals surface area contributed by atoms with E-state index in [4.69, 9.17) is 0 Å². The lowest BCUT2D eigenvalue weighted by Crippen LogP contribution is -2.15. The van der Waals surface area contributed by atoms with Crippen LogP contribution in [0.2, 0.25) is 0 Å². The number of hydrogen-bond donors (Lipinski definition) is 0. The summed E-state index contributed by atoms with van der Waals surface area (Å²) in [5, 5.41) is 0. The summed E-state index contributed by atoms with van der Waals surface area (Å²) in [6.07, 6.45) is 2.71. The van der Waals surface area contributed by atoms with Gasteiger partial charge in [-0.2, -0.15) is 0 Å². The maximum absolute atomic E-state index is 11.0. The second-order valence-corrected chi connectivity index (χ2v) is 2.96. The topological polar surface area (TPSA) is 26.3 Å². The van der Waals surface area contributed by atoms with Gasteiger partial charge in [0.25, 0.3) is 0 Å². The molecule has 10 heavy (non-hydrogen) atoms. The molecule has 0 aromatic carbocycles. The normalized spacial score (nSPS) is 36.8. The number of allylic oxidation sites excluding steroid dienone is 1. The molecule has 0 bridgehead atoms. The molecule has 0 heterocycles. The van der Waals surface area contributed by atoms with Crippen molar-refractivity contribution in [1.82, 2.24) is 0 Å². The lowest BCUT2D eigenvalue weighted by Gasteiger charge is -2.04. The fraction of sp³-hybridized carbons (Fsp3) is 0.625. The van der Waals surface area contributed by atoms with Gasteiger partial charge in [0.15, 0.2) is 0 Å². The van der Waals surface area contributed by atoms with Crippen molar-refractivity contribution in [3.05, 3.63) is 12.7 Å². The van der Waals surface area contributed by atoms with Gasteiger partial charge in [-0.1, -0.05) is 6.08 Å². The first-order valence-corrected chi connectivity index (χ1v) is 3.36. The molecule has 2 nitrogen and oxygen atoms in total. The van der Waals surface area contributed by atoms with Crippen molar-refractivity contribution in [3.63, 3.8) is 0 Å². The Bertz CT molecular complexity index is 174. The molecular formula is C8H12O2. The molecule has 56 valence electrons. The molecule has 2 heteroatoms. The number of esters is 1. The van der Waals surface area contributed by atoms with E-state index in [-0.39, 0.29) is 11.4 Å². The van der Waals surface area contributed by atoms with Gasteiger partial charge in [-0.05, 0) is 19.3 Å². The summed E-state index contributed by atoms with van der Waals surface area (Å²) in [7, 11) is 1.42. The van der Waals surface area contributed by atoms with Crippen LogP contribution in [0.5, 0.6) is 0 Å². The molecule has 0 spiro atoms. The summed E-state index contributed by atoms with van der Waals surface area (Å²) >= 11 is 0. The molecule has 0 aromatic heterocycles. The Morgan fingerprint density at radius 1 is 1.90 bits per heavy atom. The average Bonchev–Trinajstić information content (AvgIpc) is 2.61. The standard InChI is InChI=1S/C8H12O2/c1-4-6-5-8(6,2)7(9)10-3/h4,6H,1,5H2,2-3H3/t6-,8+/m1/s1. The Morgan fingerprint density at radius 3 is 2.80 bits per heavy atom. The summed E-state index contributed by atoms with van der Waals surface area (Å²) in [4.78, 5) is 11.0. The van der Waals surface area contributed by atoms with Crippen molar-refractivity contribution >= 4 is 5.97 Å². The van der Waals surface area contributed by atoms with E-state index in [0.29, 0.717) is 5.92 Å². The zero-order valence-corrected chi connectivity index (χ0v) is 6.39.